The number of hydrogen-bond acceptors (Lipinski definition) is 3. The molecule has 0 bridgehead atoms. The summed E-state index contributed by atoms with van der Waals surface area (Å²) in [6, 6.07) is 5.06. The van der Waals surface area contributed by atoms with Crippen LogP contribution in [-0.4, -0.2) is 19.4 Å². The number of carbonyl (C=O) groups excluding carboxylic acids is 1. The van der Waals surface area contributed by atoms with E-state index in [9.17, 15) is 4.79 Å². The zero-order chi connectivity index (χ0) is 12.8. The van der Waals surface area contributed by atoms with E-state index < -0.39 is 0 Å². The van der Waals surface area contributed by atoms with Crippen LogP contribution in [0.25, 0.3) is 0 Å². The Morgan fingerprint density at radius 2 is 2.24 bits per heavy atom. The maximum Gasteiger partial charge on any atom is 0.166 e. The Labute approximate surface area is 107 Å². The predicted octanol–water partition coefficient (Wildman–Crippen LogP) is 2.91. The van der Waals surface area contributed by atoms with Crippen LogP contribution in [-0.2, 0) is 0 Å². The molecule has 0 aliphatic heterocycles. The molecule has 94 valence electrons. The molecule has 1 atom stereocenters. The van der Waals surface area contributed by atoms with Crippen molar-refractivity contribution in [1.82, 2.24) is 0 Å². The lowest BCUT2D eigenvalue weighted by Crippen LogP contribution is -2.17. The average molecular weight is 256 g/mol. The van der Waals surface area contributed by atoms with Crippen molar-refractivity contribution in [2.75, 3.05) is 13.7 Å². The number of benzene rings is 1. The monoisotopic (exact) mass is 255 g/mol. The first kappa shape index (κ1) is 14.0. The molecule has 17 heavy (non-hydrogen) atoms. The maximum atomic E-state index is 12.1. The summed E-state index contributed by atoms with van der Waals surface area (Å²) in [6.07, 6.45) is 1.33. The van der Waals surface area contributed by atoms with Gasteiger partial charge in [-0.2, -0.15) is 0 Å². The number of hydrogen-bond donors (Lipinski definition) is 1. The van der Waals surface area contributed by atoms with Crippen molar-refractivity contribution in [2.45, 2.75) is 19.8 Å². The second-order valence-electron chi connectivity index (χ2n) is 3.98. The number of ether oxygens (including phenoxy) is 1. The fourth-order valence-corrected chi connectivity index (χ4v) is 1.84. The van der Waals surface area contributed by atoms with Crippen molar-refractivity contribution in [2.24, 2.45) is 11.7 Å². The number of carbonyl (C=O) groups is 1. The molecule has 3 nitrogen and oxygen atoms in total. The van der Waals surface area contributed by atoms with Gasteiger partial charge in [0.15, 0.2) is 5.78 Å². The Morgan fingerprint density at radius 3 is 2.76 bits per heavy atom. The topological polar surface area (TPSA) is 52.3 Å². The van der Waals surface area contributed by atoms with Crippen LogP contribution >= 0.6 is 11.6 Å². The van der Waals surface area contributed by atoms with Crippen LogP contribution in [0.2, 0.25) is 5.02 Å². The quantitative estimate of drug-likeness (QED) is 0.796. The first-order valence-corrected chi connectivity index (χ1v) is 6.07. The van der Waals surface area contributed by atoms with E-state index in [0.717, 1.165) is 6.42 Å². The van der Waals surface area contributed by atoms with Crippen molar-refractivity contribution in [3.05, 3.63) is 28.8 Å². The second kappa shape index (κ2) is 6.62. The summed E-state index contributed by atoms with van der Waals surface area (Å²) in [5, 5.41) is 0.537. The predicted molar refractivity (Wildman–Crippen MR) is 69.8 cm³/mol. The third-order valence-electron chi connectivity index (χ3n) is 2.85. The van der Waals surface area contributed by atoms with Crippen molar-refractivity contribution >= 4 is 17.4 Å². The average Bonchev–Trinajstić information content (AvgIpc) is 2.35. The van der Waals surface area contributed by atoms with E-state index in [1.165, 1.54) is 0 Å². The van der Waals surface area contributed by atoms with Crippen LogP contribution in [0.15, 0.2) is 18.2 Å². The van der Waals surface area contributed by atoms with Crippen LogP contribution in [0.1, 0.15) is 30.1 Å². The SMILES string of the molecule is CCC(CN)CC(=O)c1cc(Cl)ccc1OC. The molecule has 0 heterocycles. The summed E-state index contributed by atoms with van der Waals surface area (Å²) in [6.45, 7) is 2.55. The van der Waals surface area contributed by atoms with Crippen molar-refractivity contribution < 1.29 is 9.53 Å². The first-order chi connectivity index (χ1) is 8.12. The number of Topliss-reactive ketones (excluding diaryl/α,β-unsaturated/α-hetero) is 1. The van der Waals surface area contributed by atoms with Gasteiger partial charge in [-0.3, -0.25) is 4.79 Å². The van der Waals surface area contributed by atoms with E-state index >= 15 is 0 Å². The molecule has 1 aromatic carbocycles. The fourth-order valence-electron chi connectivity index (χ4n) is 1.66. The van der Waals surface area contributed by atoms with Gasteiger partial charge in [0.2, 0.25) is 0 Å². The Hall–Kier alpha value is -1.06. The summed E-state index contributed by atoms with van der Waals surface area (Å²) in [7, 11) is 1.54. The second-order valence-corrected chi connectivity index (χ2v) is 4.42. The lowest BCUT2D eigenvalue weighted by molar-refractivity contribution is 0.0958. The lowest BCUT2D eigenvalue weighted by atomic mass is 9.96. The largest absolute Gasteiger partial charge is 0.496 e. The standard InChI is InChI=1S/C13H18ClNO2/c1-3-9(8-15)6-12(16)11-7-10(14)4-5-13(11)17-2/h4-5,7,9H,3,6,8,15H2,1-2H3. The molecular formula is C13H18ClNO2. The summed E-state index contributed by atoms with van der Waals surface area (Å²) in [5.74, 6) is 0.805. The van der Waals surface area contributed by atoms with Crippen molar-refractivity contribution in [3.8, 4) is 5.75 Å². The summed E-state index contributed by atoms with van der Waals surface area (Å²) < 4.78 is 5.16. The minimum atomic E-state index is 0.0293. The highest BCUT2D eigenvalue weighted by molar-refractivity contribution is 6.31. The molecule has 0 fully saturated rings. The van der Waals surface area contributed by atoms with Gasteiger partial charge in [-0.05, 0) is 30.7 Å². The van der Waals surface area contributed by atoms with E-state index in [1.54, 1.807) is 25.3 Å². The maximum absolute atomic E-state index is 12.1. The molecule has 1 aromatic rings. The third kappa shape index (κ3) is 3.72. The van der Waals surface area contributed by atoms with E-state index in [1.807, 2.05) is 6.92 Å². The van der Waals surface area contributed by atoms with Crippen LogP contribution in [0.3, 0.4) is 0 Å². The molecule has 0 saturated heterocycles. The van der Waals surface area contributed by atoms with Gasteiger partial charge in [-0.15, -0.1) is 0 Å². The van der Waals surface area contributed by atoms with Gasteiger partial charge in [-0.1, -0.05) is 24.9 Å². The third-order valence-corrected chi connectivity index (χ3v) is 3.08. The lowest BCUT2D eigenvalue weighted by Gasteiger charge is -2.13. The molecule has 0 spiro atoms. The molecule has 0 aliphatic carbocycles. The Kier molecular flexibility index (Phi) is 5.45. The Morgan fingerprint density at radius 1 is 1.53 bits per heavy atom. The number of nitrogens with two attached hydrogens (primary N) is 1. The van der Waals surface area contributed by atoms with Gasteiger partial charge in [-0.25, -0.2) is 0 Å². The van der Waals surface area contributed by atoms with E-state index in [-0.39, 0.29) is 11.7 Å². The molecule has 2 N–H and O–H groups in total. The minimum Gasteiger partial charge on any atom is -0.496 e. The highest BCUT2D eigenvalue weighted by Crippen LogP contribution is 2.25. The molecule has 0 aromatic heterocycles. The van der Waals surface area contributed by atoms with Gasteiger partial charge in [0.05, 0.1) is 12.7 Å². The zero-order valence-electron chi connectivity index (χ0n) is 10.2. The van der Waals surface area contributed by atoms with E-state index in [0.29, 0.717) is 29.3 Å². The highest BCUT2D eigenvalue weighted by Gasteiger charge is 2.16. The molecular weight excluding hydrogens is 238 g/mol. The number of methoxy groups -OCH3 is 1. The van der Waals surface area contributed by atoms with Gasteiger partial charge in [0, 0.05) is 11.4 Å². The van der Waals surface area contributed by atoms with Gasteiger partial charge >= 0.3 is 0 Å². The van der Waals surface area contributed by atoms with Crippen LogP contribution < -0.4 is 10.5 Å². The Bertz CT molecular complexity index is 389. The van der Waals surface area contributed by atoms with Crippen LogP contribution in [0.4, 0.5) is 0 Å². The van der Waals surface area contributed by atoms with Crippen molar-refractivity contribution in [3.63, 3.8) is 0 Å². The number of ketones is 1. The van der Waals surface area contributed by atoms with Gasteiger partial charge in [0.25, 0.3) is 0 Å². The molecule has 1 rings (SSSR count). The summed E-state index contributed by atoms with van der Waals surface area (Å²) in [5.41, 5.74) is 6.13. The van der Waals surface area contributed by atoms with Crippen LogP contribution in [0.5, 0.6) is 5.75 Å². The smallest absolute Gasteiger partial charge is 0.166 e. The van der Waals surface area contributed by atoms with E-state index in [2.05, 4.69) is 0 Å². The normalized spacial score (nSPS) is 12.2. The molecule has 4 heteroatoms. The minimum absolute atomic E-state index is 0.0293. The fraction of sp³-hybridized carbons (Fsp3) is 0.462. The van der Waals surface area contributed by atoms with Gasteiger partial charge in [0.1, 0.15) is 5.75 Å². The molecule has 1 unspecified atom stereocenters. The number of halogens is 1. The summed E-state index contributed by atoms with van der Waals surface area (Å²) >= 11 is 5.89. The molecule has 0 radical (unpaired) electrons. The summed E-state index contributed by atoms with van der Waals surface area (Å²) in [4.78, 5) is 12.1. The van der Waals surface area contributed by atoms with E-state index in [4.69, 9.17) is 22.1 Å². The Balaban J connectivity index is 2.90. The first-order valence-electron chi connectivity index (χ1n) is 5.69. The number of rotatable bonds is 6. The van der Waals surface area contributed by atoms with Gasteiger partial charge < -0.3 is 10.5 Å². The molecule has 0 saturated carbocycles. The highest BCUT2D eigenvalue weighted by atomic mass is 35.5. The van der Waals surface area contributed by atoms with Crippen LogP contribution in [0, 0.1) is 5.92 Å². The van der Waals surface area contributed by atoms with Crippen molar-refractivity contribution in [1.29, 1.82) is 0 Å². The molecule has 0 aliphatic rings. The zero-order valence-corrected chi connectivity index (χ0v) is 11.0. The molecule has 0 amide bonds.